The number of benzene rings is 2. The van der Waals surface area contributed by atoms with E-state index in [1.54, 1.807) is 0 Å². The van der Waals surface area contributed by atoms with Gasteiger partial charge in [0.15, 0.2) is 12.6 Å². The van der Waals surface area contributed by atoms with Crippen LogP contribution < -0.4 is 20.3 Å². The van der Waals surface area contributed by atoms with Crippen LogP contribution in [0.1, 0.15) is 31.7 Å². The van der Waals surface area contributed by atoms with Crippen LogP contribution in [-0.2, 0) is 10.2 Å². The number of nitrogens with zero attached hydrogens (tertiary/aromatic N) is 2. The molecule has 1 saturated carbocycles. The van der Waals surface area contributed by atoms with E-state index >= 15 is 0 Å². The van der Waals surface area contributed by atoms with Gasteiger partial charge in [-0.05, 0) is 43.9 Å². The Hall–Kier alpha value is -2.29. The fourth-order valence-corrected chi connectivity index (χ4v) is 3.90. The van der Waals surface area contributed by atoms with Gasteiger partial charge in [-0.3, -0.25) is 9.79 Å². The summed E-state index contributed by atoms with van der Waals surface area (Å²) in [6.07, 6.45) is 3.21. The Morgan fingerprint density at radius 2 is 1.84 bits per heavy atom. The zero-order valence-electron chi connectivity index (χ0n) is 18.0. The number of hydrogen-bond donors (Lipinski definition) is 2. The molecule has 1 heterocycles. The molecule has 1 aliphatic heterocycles. The minimum atomic E-state index is 0. The molecule has 7 heteroatoms. The SMILES string of the molecule is CCNC(=NCC1(c2ccccc2)CC1)NCCCN1C(=O)COc2ccccc21.I. The molecule has 166 valence electrons. The summed E-state index contributed by atoms with van der Waals surface area (Å²) in [5.74, 6) is 1.62. The predicted octanol–water partition coefficient (Wildman–Crippen LogP) is 3.71. The Kier molecular flexibility index (Phi) is 8.17. The first-order chi connectivity index (χ1) is 14.7. The number of aliphatic imine (C=N–C) groups is 1. The van der Waals surface area contributed by atoms with Gasteiger partial charge in [-0.2, -0.15) is 0 Å². The molecule has 2 aliphatic rings. The molecular weight excluding hydrogens is 503 g/mol. The number of hydrogen-bond acceptors (Lipinski definition) is 3. The highest BCUT2D eigenvalue weighted by atomic mass is 127. The number of fused-ring (bicyclic) bond motifs is 1. The lowest BCUT2D eigenvalue weighted by atomic mass is 9.96. The summed E-state index contributed by atoms with van der Waals surface area (Å²) in [6.45, 7) is 5.19. The van der Waals surface area contributed by atoms with Crippen molar-refractivity contribution in [3.8, 4) is 5.75 Å². The van der Waals surface area contributed by atoms with E-state index in [0.717, 1.165) is 43.5 Å². The second-order valence-electron chi connectivity index (χ2n) is 7.92. The molecular formula is C24H31IN4O2. The summed E-state index contributed by atoms with van der Waals surface area (Å²) < 4.78 is 5.51. The van der Waals surface area contributed by atoms with Gasteiger partial charge in [-0.25, -0.2) is 0 Å². The number of para-hydroxylation sites is 2. The zero-order chi connectivity index (χ0) is 20.8. The average Bonchev–Trinajstić information content (AvgIpc) is 3.58. The number of ether oxygens (including phenoxy) is 1. The second kappa shape index (κ2) is 10.8. The molecule has 4 rings (SSSR count). The van der Waals surface area contributed by atoms with Gasteiger partial charge in [0, 0.05) is 25.0 Å². The normalized spacial score (nSPS) is 16.6. The van der Waals surface area contributed by atoms with E-state index < -0.39 is 0 Å². The first-order valence-electron chi connectivity index (χ1n) is 10.8. The summed E-state index contributed by atoms with van der Waals surface area (Å²) >= 11 is 0. The molecule has 2 N–H and O–H groups in total. The topological polar surface area (TPSA) is 66.0 Å². The van der Waals surface area contributed by atoms with Crippen LogP contribution in [0.2, 0.25) is 0 Å². The highest BCUT2D eigenvalue weighted by molar-refractivity contribution is 14.0. The van der Waals surface area contributed by atoms with Crippen LogP contribution in [0.25, 0.3) is 0 Å². The molecule has 0 spiro atoms. The number of nitrogens with one attached hydrogen (secondary N) is 2. The highest BCUT2D eigenvalue weighted by Crippen LogP contribution is 2.48. The molecule has 0 radical (unpaired) electrons. The smallest absolute Gasteiger partial charge is 0.265 e. The first kappa shape index (κ1) is 23.4. The Labute approximate surface area is 201 Å². The molecule has 0 atom stereocenters. The van der Waals surface area contributed by atoms with Gasteiger partial charge in [0.1, 0.15) is 5.75 Å². The van der Waals surface area contributed by atoms with Crippen LogP contribution in [0.3, 0.4) is 0 Å². The summed E-state index contributed by atoms with van der Waals surface area (Å²) in [6, 6.07) is 18.4. The van der Waals surface area contributed by atoms with Crippen LogP contribution in [0.5, 0.6) is 5.75 Å². The molecule has 1 fully saturated rings. The van der Waals surface area contributed by atoms with Crippen LogP contribution in [0, 0.1) is 0 Å². The number of guanidine groups is 1. The van der Waals surface area contributed by atoms with Gasteiger partial charge in [-0.15, -0.1) is 24.0 Å². The zero-order valence-corrected chi connectivity index (χ0v) is 20.3. The standard InChI is InChI=1S/C24H30N4O2.HI/c1-2-25-23(27-18-24(13-14-24)19-9-4-3-5-10-19)26-15-8-16-28-20-11-6-7-12-21(20)30-17-22(28)29;/h3-7,9-12H,2,8,13-18H2,1H3,(H2,25,26,27);1H. The second-order valence-corrected chi connectivity index (χ2v) is 7.92. The molecule has 0 unspecified atom stereocenters. The minimum Gasteiger partial charge on any atom is -0.482 e. The van der Waals surface area contributed by atoms with Crippen molar-refractivity contribution >= 4 is 41.5 Å². The van der Waals surface area contributed by atoms with E-state index in [1.807, 2.05) is 29.2 Å². The van der Waals surface area contributed by atoms with Crippen molar-refractivity contribution < 1.29 is 9.53 Å². The molecule has 31 heavy (non-hydrogen) atoms. The summed E-state index contributed by atoms with van der Waals surface area (Å²) in [4.78, 5) is 19.0. The van der Waals surface area contributed by atoms with Crippen molar-refractivity contribution in [3.05, 3.63) is 60.2 Å². The van der Waals surface area contributed by atoms with Gasteiger partial charge < -0.3 is 20.3 Å². The predicted molar refractivity (Wildman–Crippen MR) is 136 cm³/mol. The third-order valence-corrected chi connectivity index (χ3v) is 5.78. The van der Waals surface area contributed by atoms with Gasteiger partial charge in [0.05, 0.1) is 12.2 Å². The van der Waals surface area contributed by atoms with Crippen LogP contribution in [0.4, 0.5) is 5.69 Å². The Balaban J connectivity index is 0.00000272. The largest absolute Gasteiger partial charge is 0.482 e. The summed E-state index contributed by atoms with van der Waals surface area (Å²) in [5.41, 5.74) is 2.44. The molecule has 0 bridgehead atoms. The van der Waals surface area contributed by atoms with E-state index in [1.165, 1.54) is 18.4 Å². The third kappa shape index (κ3) is 5.70. The maximum absolute atomic E-state index is 12.3. The molecule has 1 aliphatic carbocycles. The minimum absolute atomic E-state index is 0. The van der Waals surface area contributed by atoms with E-state index in [2.05, 4.69) is 47.9 Å². The molecule has 2 aromatic rings. The van der Waals surface area contributed by atoms with Crippen LogP contribution >= 0.6 is 24.0 Å². The number of carbonyl (C=O) groups excluding carboxylic acids is 1. The van der Waals surface area contributed by atoms with Crippen molar-refractivity contribution in [1.82, 2.24) is 10.6 Å². The van der Waals surface area contributed by atoms with Gasteiger partial charge in [-0.1, -0.05) is 42.5 Å². The number of carbonyl (C=O) groups is 1. The van der Waals surface area contributed by atoms with Crippen molar-refractivity contribution in [2.75, 3.05) is 37.7 Å². The van der Waals surface area contributed by atoms with Gasteiger partial charge in [0.25, 0.3) is 5.91 Å². The van der Waals surface area contributed by atoms with Gasteiger partial charge in [0.2, 0.25) is 0 Å². The van der Waals surface area contributed by atoms with Crippen molar-refractivity contribution in [3.63, 3.8) is 0 Å². The number of halogens is 1. The third-order valence-electron chi connectivity index (χ3n) is 5.78. The Morgan fingerprint density at radius 3 is 2.58 bits per heavy atom. The molecule has 1 amide bonds. The maximum atomic E-state index is 12.3. The highest BCUT2D eigenvalue weighted by Gasteiger charge is 2.43. The lowest BCUT2D eigenvalue weighted by molar-refractivity contribution is -0.121. The van der Waals surface area contributed by atoms with E-state index in [0.29, 0.717) is 6.54 Å². The lowest BCUT2D eigenvalue weighted by Crippen LogP contribution is -2.42. The number of rotatable bonds is 8. The molecule has 6 nitrogen and oxygen atoms in total. The van der Waals surface area contributed by atoms with Crippen LogP contribution in [0.15, 0.2) is 59.6 Å². The average molecular weight is 534 g/mol. The Morgan fingerprint density at radius 1 is 1.10 bits per heavy atom. The molecule has 0 aromatic heterocycles. The number of amides is 1. The van der Waals surface area contributed by atoms with Crippen molar-refractivity contribution in [2.45, 2.75) is 31.6 Å². The monoisotopic (exact) mass is 534 g/mol. The van der Waals surface area contributed by atoms with E-state index in [9.17, 15) is 4.79 Å². The fourth-order valence-electron chi connectivity index (χ4n) is 3.90. The van der Waals surface area contributed by atoms with Crippen molar-refractivity contribution in [2.24, 2.45) is 4.99 Å². The van der Waals surface area contributed by atoms with Gasteiger partial charge >= 0.3 is 0 Å². The number of anilines is 1. The quantitative estimate of drug-likeness (QED) is 0.235. The fraction of sp³-hybridized carbons (Fsp3) is 0.417. The van der Waals surface area contributed by atoms with Crippen LogP contribution in [-0.4, -0.2) is 44.7 Å². The summed E-state index contributed by atoms with van der Waals surface area (Å²) in [5, 5.41) is 6.76. The molecule has 2 aromatic carbocycles. The molecule has 0 saturated heterocycles. The van der Waals surface area contributed by atoms with Crippen molar-refractivity contribution in [1.29, 1.82) is 0 Å². The first-order valence-corrected chi connectivity index (χ1v) is 10.8. The maximum Gasteiger partial charge on any atom is 0.265 e. The van der Waals surface area contributed by atoms with E-state index in [4.69, 9.17) is 9.73 Å². The van der Waals surface area contributed by atoms with E-state index in [-0.39, 0.29) is 41.9 Å². The lowest BCUT2D eigenvalue weighted by Gasteiger charge is -2.29. The Bertz CT molecular complexity index is 899. The summed E-state index contributed by atoms with van der Waals surface area (Å²) in [7, 11) is 0.